The summed E-state index contributed by atoms with van der Waals surface area (Å²) in [5.74, 6) is -32.8. The Morgan fingerprint density at radius 3 is 0.930 bits per heavy atom. The lowest BCUT2D eigenvalue weighted by Crippen LogP contribution is -2.67. The molecule has 0 saturated heterocycles. The first-order valence-corrected chi connectivity index (χ1v) is 14.4. The Bertz CT molecular complexity index is 1070. The number of hydrogen-bond acceptors (Lipinski definition) is 5. The topological polar surface area (TPSA) is 94.3 Å². The van der Waals surface area contributed by atoms with Gasteiger partial charge >= 0.3 is 46.6 Å². The van der Waals surface area contributed by atoms with Crippen LogP contribution in [0.5, 0.6) is 0 Å². The van der Waals surface area contributed by atoms with E-state index in [9.17, 15) is 95.9 Å². The molecule has 0 aromatic rings. The lowest BCUT2D eigenvalue weighted by Gasteiger charge is -2.37. The first kappa shape index (κ1) is 41.6. The summed E-state index contributed by atoms with van der Waals surface area (Å²) in [7, 11) is -17.2. The minimum Gasteiger partial charge on any atom is -0.330 e. The van der Waals surface area contributed by atoms with Crippen LogP contribution in [0.3, 0.4) is 0 Å². The monoisotopic (exact) mass is 721 g/mol. The highest BCUT2D eigenvalue weighted by Gasteiger charge is 2.89. The fourth-order valence-corrected chi connectivity index (χ4v) is 7.87. The van der Waals surface area contributed by atoms with Gasteiger partial charge in [0.1, 0.15) is 0 Å². The van der Waals surface area contributed by atoms with Gasteiger partial charge in [0.05, 0.1) is 0 Å². The molecule has 0 aliphatic heterocycles. The zero-order chi connectivity index (χ0) is 34.9. The Labute approximate surface area is 231 Å². The molecule has 0 aromatic heterocycles. The minimum absolute atomic E-state index is 0.0717. The van der Waals surface area contributed by atoms with Crippen molar-refractivity contribution in [2.75, 3.05) is 6.54 Å². The van der Waals surface area contributed by atoms with Crippen LogP contribution >= 0.6 is 0 Å². The summed E-state index contributed by atoms with van der Waals surface area (Å²) in [6.07, 6.45) is -19.2. The standard InChI is InChI=1S/C18H21F18NO4S2/c19-11(20,15(27,28)29)13(23,24)17(33,34)42(38,39)10(8-6-4-2-1-3-5-7-9-37)43(40,41)18(35,36)14(25,26)12(21,22)16(30,31)32/h10H,1-9,37H2. The number of alkyl halides is 18. The Morgan fingerprint density at radius 1 is 0.419 bits per heavy atom. The maximum atomic E-state index is 14.3. The summed E-state index contributed by atoms with van der Waals surface area (Å²) in [6, 6.07) is 0. The third-order valence-corrected chi connectivity index (χ3v) is 11.1. The van der Waals surface area contributed by atoms with Crippen molar-refractivity contribution in [1.29, 1.82) is 0 Å². The van der Waals surface area contributed by atoms with Gasteiger partial charge in [-0.3, -0.25) is 0 Å². The fraction of sp³-hybridized carbons (Fsp3) is 1.00. The first-order valence-electron chi connectivity index (χ1n) is 11.3. The van der Waals surface area contributed by atoms with Crippen LogP contribution in [0.2, 0.25) is 0 Å². The molecule has 0 spiro atoms. The number of nitrogens with two attached hydrogens (primary N) is 1. The van der Waals surface area contributed by atoms with E-state index in [2.05, 4.69) is 0 Å². The van der Waals surface area contributed by atoms with Gasteiger partial charge in [-0.05, 0) is 19.4 Å². The SMILES string of the molecule is NCCCCCCCCCC(S(=O)(=O)C(F)(F)C(F)(F)C(F)(F)C(F)(F)F)S(=O)(=O)C(F)(F)C(F)(F)C(F)(F)C(F)(F)F. The number of halogens is 18. The normalized spacial score (nSPS) is 15.8. The molecular formula is C18H21F18NO4S2. The quantitative estimate of drug-likeness (QED) is 0.128. The van der Waals surface area contributed by atoms with Crippen LogP contribution in [-0.2, 0) is 19.7 Å². The summed E-state index contributed by atoms with van der Waals surface area (Å²) < 4.78 is 283. The molecule has 0 heterocycles. The Morgan fingerprint density at radius 2 is 0.674 bits per heavy atom. The highest BCUT2D eigenvalue weighted by molar-refractivity contribution is 8.10. The van der Waals surface area contributed by atoms with Gasteiger partial charge in [-0.25, -0.2) is 16.8 Å². The second-order valence-corrected chi connectivity index (χ2v) is 13.5. The van der Waals surface area contributed by atoms with Crippen LogP contribution in [-0.4, -0.2) is 74.5 Å². The van der Waals surface area contributed by atoms with Crippen molar-refractivity contribution in [2.45, 2.75) is 103 Å². The van der Waals surface area contributed by atoms with Crippen molar-refractivity contribution in [1.82, 2.24) is 0 Å². The van der Waals surface area contributed by atoms with Crippen molar-refractivity contribution >= 4 is 19.7 Å². The van der Waals surface area contributed by atoms with Crippen molar-refractivity contribution in [3.05, 3.63) is 0 Å². The third kappa shape index (κ3) is 7.05. The van der Waals surface area contributed by atoms with Gasteiger partial charge in [-0.15, -0.1) is 0 Å². The molecule has 0 aliphatic rings. The van der Waals surface area contributed by atoms with Crippen molar-refractivity contribution in [3.63, 3.8) is 0 Å². The molecule has 25 heteroatoms. The molecule has 0 saturated carbocycles. The van der Waals surface area contributed by atoms with Gasteiger partial charge in [-0.1, -0.05) is 38.5 Å². The molecule has 0 aliphatic carbocycles. The van der Waals surface area contributed by atoms with Crippen molar-refractivity contribution < 1.29 is 95.9 Å². The summed E-state index contributed by atoms with van der Waals surface area (Å²) in [5.41, 5.74) is 5.18. The summed E-state index contributed by atoms with van der Waals surface area (Å²) in [4.78, 5) is 0. The zero-order valence-electron chi connectivity index (χ0n) is 20.8. The van der Waals surface area contributed by atoms with Crippen LogP contribution in [0.25, 0.3) is 0 Å². The van der Waals surface area contributed by atoms with Gasteiger partial charge in [-0.2, -0.15) is 79.0 Å². The number of sulfone groups is 2. The Kier molecular flexibility index (Phi) is 12.4. The van der Waals surface area contributed by atoms with Crippen molar-refractivity contribution in [2.24, 2.45) is 5.73 Å². The molecule has 43 heavy (non-hydrogen) atoms. The average Bonchev–Trinajstić information content (AvgIpc) is 2.80. The third-order valence-electron chi connectivity index (χ3n) is 5.78. The van der Waals surface area contributed by atoms with E-state index in [-0.39, 0.29) is 25.8 Å². The van der Waals surface area contributed by atoms with Crippen LogP contribution < -0.4 is 5.73 Å². The molecular weight excluding hydrogens is 700 g/mol. The van der Waals surface area contributed by atoms with E-state index in [1.54, 1.807) is 0 Å². The lowest BCUT2D eigenvalue weighted by molar-refractivity contribution is -0.382. The molecule has 0 bridgehead atoms. The van der Waals surface area contributed by atoms with E-state index in [1.807, 2.05) is 0 Å². The van der Waals surface area contributed by atoms with E-state index in [0.717, 1.165) is 0 Å². The first-order chi connectivity index (χ1) is 18.7. The second kappa shape index (κ2) is 12.8. The Hall–Kier alpha value is -1.40. The maximum Gasteiger partial charge on any atom is 0.460 e. The molecule has 0 unspecified atom stereocenters. The summed E-state index contributed by atoms with van der Waals surface area (Å²) in [6.45, 7) is 0.190. The molecule has 0 aromatic carbocycles. The van der Waals surface area contributed by atoms with Crippen LogP contribution in [0.15, 0.2) is 0 Å². The number of rotatable bonds is 17. The lowest BCUT2D eigenvalue weighted by atomic mass is 10.1. The molecule has 0 radical (unpaired) electrons. The van der Waals surface area contributed by atoms with E-state index >= 15 is 0 Å². The molecule has 5 nitrogen and oxygen atoms in total. The van der Waals surface area contributed by atoms with Gasteiger partial charge in [0.25, 0.3) is 0 Å². The fourth-order valence-electron chi connectivity index (χ4n) is 3.23. The minimum atomic E-state index is -8.59. The van der Waals surface area contributed by atoms with Crippen LogP contribution in [0, 0.1) is 0 Å². The molecule has 2 N–H and O–H groups in total. The predicted molar refractivity (Wildman–Crippen MR) is 109 cm³/mol. The van der Waals surface area contributed by atoms with E-state index in [1.165, 1.54) is 0 Å². The molecule has 260 valence electrons. The van der Waals surface area contributed by atoms with Crippen LogP contribution in [0.4, 0.5) is 79.0 Å². The second-order valence-electron chi connectivity index (χ2n) is 8.90. The number of hydrogen-bond donors (Lipinski definition) is 1. The van der Waals surface area contributed by atoms with E-state index in [0.29, 0.717) is 12.8 Å². The molecule has 0 rings (SSSR count). The number of unbranched alkanes of at least 4 members (excludes halogenated alkanes) is 6. The highest BCUT2D eigenvalue weighted by Crippen LogP contribution is 2.59. The van der Waals surface area contributed by atoms with Crippen molar-refractivity contribution in [3.8, 4) is 0 Å². The predicted octanol–water partition coefficient (Wildman–Crippen LogP) is 7.07. The molecule has 0 amide bonds. The summed E-state index contributed by atoms with van der Waals surface area (Å²) in [5, 5.41) is -16.2. The Balaban J connectivity index is 7.11. The zero-order valence-corrected chi connectivity index (χ0v) is 22.4. The largest absolute Gasteiger partial charge is 0.460 e. The smallest absolute Gasteiger partial charge is 0.330 e. The molecule has 0 fully saturated rings. The van der Waals surface area contributed by atoms with E-state index in [4.69, 9.17) is 5.73 Å². The maximum absolute atomic E-state index is 14.3. The van der Waals surface area contributed by atoms with Crippen LogP contribution in [0.1, 0.15) is 51.4 Å². The van der Waals surface area contributed by atoms with Gasteiger partial charge in [0, 0.05) is 0 Å². The highest BCUT2D eigenvalue weighted by atomic mass is 32.3. The average molecular weight is 721 g/mol. The molecule has 0 atom stereocenters. The summed E-state index contributed by atoms with van der Waals surface area (Å²) >= 11 is 0. The van der Waals surface area contributed by atoms with Gasteiger partial charge in [0.15, 0.2) is 4.58 Å². The van der Waals surface area contributed by atoms with E-state index < -0.39 is 90.1 Å². The van der Waals surface area contributed by atoms with Gasteiger partial charge in [0.2, 0.25) is 19.7 Å². The van der Waals surface area contributed by atoms with Gasteiger partial charge < -0.3 is 5.73 Å².